The highest BCUT2D eigenvalue weighted by atomic mass is 16.3. The van der Waals surface area contributed by atoms with Crippen molar-refractivity contribution in [2.24, 2.45) is 17.8 Å². The Bertz CT molecular complexity index is 122. The summed E-state index contributed by atoms with van der Waals surface area (Å²) in [4.78, 5) is 0. The van der Waals surface area contributed by atoms with Gasteiger partial charge in [0.05, 0.1) is 0 Å². The van der Waals surface area contributed by atoms with E-state index in [1.165, 1.54) is 12.8 Å². The molecule has 0 aromatic carbocycles. The van der Waals surface area contributed by atoms with Crippen LogP contribution in [0.5, 0.6) is 0 Å². The SMILES string of the molecule is OC[C@H]1CNC[C@H]1C1CC1. The molecule has 2 fully saturated rings. The lowest BCUT2D eigenvalue weighted by Gasteiger charge is -2.13. The third-order valence-electron chi connectivity index (χ3n) is 2.85. The van der Waals surface area contributed by atoms with Gasteiger partial charge in [-0.3, -0.25) is 0 Å². The van der Waals surface area contributed by atoms with Crippen LogP contribution in [0.4, 0.5) is 0 Å². The number of aliphatic hydroxyl groups is 1. The third-order valence-corrected chi connectivity index (χ3v) is 2.85. The highest BCUT2D eigenvalue weighted by Crippen LogP contribution is 2.41. The van der Waals surface area contributed by atoms with Crippen molar-refractivity contribution in [2.75, 3.05) is 19.7 Å². The van der Waals surface area contributed by atoms with Crippen molar-refractivity contribution in [1.29, 1.82) is 0 Å². The van der Waals surface area contributed by atoms with Gasteiger partial charge < -0.3 is 10.4 Å². The van der Waals surface area contributed by atoms with Gasteiger partial charge in [-0.1, -0.05) is 0 Å². The van der Waals surface area contributed by atoms with Gasteiger partial charge in [0.2, 0.25) is 0 Å². The number of hydrogen-bond donors (Lipinski definition) is 2. The molecule has 2 heteroatoms. The van der Waals surface area contributed by atoms with Crippen molar-refractivity contribution < 1.29 is 5.11 Å². The summed E-state index contributed by atoms with van der Waals surface area (Å²) in [7, 11) is 0. The Morgan fingerprint density at radius 3 is 2.70 bits per heavy atom. The normalized spacial score (nSPS) is 40.5. The van der Waals surface area contributed by atoms with Crippen LogP contribution in [0.1, 0.15) is 12.8 Å². The van der Waals surface area contributed by atoms with Gasteiger partial charge in [-0.25, -0.2) is 0 Å². The van der Waals surface area contributed by atoms with E-state index in [1.807, 2.05) is 0 Å². The van der Waals surface area contributed by atoms with Crippen molar-refractivity contribution in [3.05, 3.63) is 0 Å². The molecule has 0 unspecified atom stereocenters. The Morgan fingerprint density at radius 2 is 2.10 bits per heavy atom. The smallest absolute Gasteiger partial charge is 0.0474 e. The van der Waals surface area contributed by atoms with Crippen molar-refractivity contribution in [3.63, 3.8) is 0 Å². The van der Waals surface area contributed by atoms with Crippen LogP contribution >= 0.6 is 0 Å². The average molecular weight is 141 g/mol. The lowest BCUT2D eigenvalue weighted by molar-refractivity contribution is 0.196. The minimum Gasteiger partial charge on any atom is -0.396 e. The topological polar surface area (TPSA) is 32.3 Å². The molecular formula is C8H15NO. The van der Waals surface area contributed by atoms with E-state index in [1.54, 1.807) is 0 Å². The van der Waals surface area contributed by atoms with Crippen LogP contribution in [0, 0.1) is 17.8 Å². The molecule has 2 aliphatic rings. The van der Waals surface area contributed by atoms with Gasteiger partial charge in [0.1, 0.15) is 0 Å². The summed E-state index contributed by atoms with van der Waals surface area (Å²) in [6.07, 6.45) is 2.81. The molecule has 2 nitrogen and oxygen atoms in total. The second kappa shape index (κ2) is 2.51. The molecule has 1 heterocycles. The first-order valence-corrected chi connectivity index (χ1v) is 4.23. The maximum atomic E-state index is 8.97. The van der Waals surface area contributed by atoms with E-state index in [0.29, 0.717) is 12.5 Å². The molecule has 1 aliphatic carbocycles. The molecule has 1 saturated carbocycles. The fourth-order valence-electron chi connectivity index (χ4n) is 2.03. The quantitative estimate of drug-likeness (QED) is 0.576. The predicted octanol–water partition coefficient (Wildman–Crippen LogP) is 0.224. The Morgan fingerprint density at radius 1 is 1.30 bits per heavy atom. The maximum Gasteiger partial charge on any atom is 0.0474 e. The van der Waals surface area contributed by atoms with Crippen LogP contribution < -0.4 is 5.32 Å². The van der Waals surface area contributed by atoms with Crippen LogP contribution in [-0.2, 0) is 0 Å². The van der Waals surface area contributed by atoms with Crippen molar-refractivity contribution in [1.82, 2.24) is 5.32 Å². The van der Waals surface area contributed by atoms with Gasteiger partial charge in [-0.2, -0.15) is 0 Å². The fourth-order valence-corrected chi connectivity index (χ4v) is 2.03. The van der Waals surface area contributed by atoms with Gasteiger partial charge in [-0.15, -0.1) is 0 Å². The molecule has 0 aromatic heterocycles. The summed E-state index contributed by atoms with van der Waals surface area (Å²) >= 11 is 0. The van der Waals surface area contributed by atoms with Crippen molar-refractivity contribution in [2.45, 2.75) is 12.8 Å². The third kappa shape index (κ3) is 1.06. The Balaban J connectivity index is 1.91. The molecule has 0 spiro atoms. The largest absolute Gasteiger partial charge is 0.396 e. The van der Waals surface area contributed by atoms with Crippen LogP contribution in [0.3, 0.4) is 0 Å². The summed E-state index contributed by atoms with van der Waals surface area (Å²) in [6, 6.07) is 0. The molecular weight excluding hydrogens is 126 g/mol. The molecule has 58 valence electrons. The molecule has 0 aromatic rings. The van der Waals surface area contributed by atoms with E-state index in [4.69, 9.17) is 5.11 Å². The molecule has 2 rings (SSSR count). The van der Waals surface area contributed by atoms with Crippen molar-refractivity contribution in [3.8, 4) is 0 Å². The number of rotatable bonds is 2. The van der Waals surface area contributed by atoms with E-state index in [0.717, 1.165) is 24.9 Å². The summed E-state index contributed by atoms with van der Waals surface area (Å²) in [5, 5.41) is 12.3. The van der Waals surface area contributed by atoms with E-state index in [2.05, 4.69) is 5.32 Å². The zero-order valence-corrected chi connectivity index (χ0v) is 6.21. The highest BCUT2D eigenvalue weighted by molar-refractivity contribution is 4.91. The summed E-state index contributed by atoms with van der Waals surface area (Å²) in [5.74, 6) is 2.31. The Kier molecular flexibility index (Phi) is 1.66. The van der Waals surface area contributed by atoms with E-state index >= 15 is 0 Å². The number of aliphatic hydroxyl groups excluding tert-OH is 1. The Hall–Kier alpha value is -0.0800. The number of nitrogens with one attached hydrogen (secondary N) is 1. The first-order chi connectivity index (χ1) is 4.92. The predicted molar refractivity (Wildman–Crippen MR) is 39.7 cm³/mol. The summed E-state index contributed by atoms with van der Waals surface area (Å²) in [5.41, 5.74) is 0. The van der Waals surface area contributed by atoms with E-state index < -0.39 is 0 Å². The summed E-state index contributed by atoms with van der Waals surface area (Å²) in [6.45, 7) is 2.57. The van der Waals surface area contributed by atoms with Crippen LogP contribution in [-0.4, -0.2) is 24.8 Å². The molecule has 0 radical (unpaired) electrons. The molecule has 0 amide bonds. The molecule has 1 aliphatic heterocycles. The van der Waals surface area contributed by atoms with Gasteiger partial charge in [-0.05, 0) is 37.1 Å². The fraction of sp³-hybridized carbons (Fsp3) is 1.00. The van der Waals surface area contributed by atoms with E-state index in [-0.39, 0.29) is 0 Å². The molecule has 2 atom stereocenters. The average Bonchev–Trinajstić information content (AvgIpc) is 2.69. The molecule has 1 saturated heterocycles. The maximum absolute atomic E-state index is 8.97. The second-order valence-electron chi connectivity index (χ2n) is 3.60. The van der Waals surface area contributed by atoms with Crippen LogP contribution in [0.15, 0.2) is 0 Å². The van der Waals surface area contributed by atoms with Crippen molar-refractivity contribution >= 4 is 0 Å². The molecule has 0 bridgehead atoms. The Labute approximate surface area is 61.6 Å². The van der Waals surface area contributed by atoms with Gasteiger partial charge in [0, 0.05) is 13.2 Å². The highest BCUT2D eigenvalue weighted by Gasteiger charge is 2.38. The van der Waals surface area contributed by atoms with Crippen LogP contribution in [0.2, 0.25) is 0 Å². The van der Waals surface area contributed by atoms with E-state index in [9.17, 15) is 0 Å². The zero-order valence-electron chi connectivity index (χ0n) is 6.21. The minimum absolute atomic E-state index is 0.383. The monoisotopic (exact) mass is 141 g/mol. The zero-order chi connectivity index (χ0) is 6.97. The standard InChI is InChI=1S/C8H15NO/c10-5-7-3-9-4-8(7)6-1-2-6/h6-10H,1-5H2/t7-,8+/m1/s1. The van der Waals surface area contributed by atoms with Crippen LogP contribution in [0.25, 0.3) is 0 Å². The number of hydrogen-bond acceptors (Lipinski definition) is 2. The second-order valence-corrected chi connectivity index (χ2v) is 3.60. The summed E-state index contributed by atoms with van der Waals surface area (Å²) < 4.78 is 0. The van der Waals surface area contributed by atoms with Gasteiger partial charge >= 0.3 is 0 Å². The first-order valence-electron chi connectivity index (χ1n) is 4.23. The molecule has 2 N–H and O–H groups in total. The minimum atomic E-state index is 0.383. The molecule has 10 heavy (non-hydrogen) atoms. The van der Waals surface area contributed by atoms with Gasteiger partial charge in [0.15, 0.2) is 0 Å². The lowest BCUT2D eigenvalue weighted by Crippen LogP contribution is -2.17. The van der Waals surface area contributed by atoms with Gasteiger partial charge in [0.25, 0.3) is 0 Å². The lowest BCUT2D eigenvalue weighted by atomic mass is 9.92. The first kappa shape index (κ1) is 6.62.